The Morgan fingerprint density at radius 1 is 1.14 bits per heavy atom. The first-order valence-electron chi connectivity index (χ1n) is 10.6. The number of hydrogen-bond donors (Lipinski definition) is 1. The van der Waals surface area contributed by atoms with Gasteiger partial charge in [-0.1, -0.05) is 18.2 Å². The molecule has 1 aromatic heterocycles. The SMILES string of the molecule is COc1cc(C(C)=NNC(=O)Cn2nc(C)c([N+](=O)[O-])c2C)ccc1OC(=O)c1ccccc1C. The number of nitrogens with one attached hydrogen (secondary N) is 1. The molecule has 0 saturated heterocycles. The first-order chi connectivity index (χ1) is 16.6. The molecule has 0 radical (unpaired) electrons. The number of methoxy groups -OCH3 is 1. The van der Waals surface area contributed by atoms with E-state index in [0.29, 0.717) is 22.6 Å². The number of ether oxygens (including phenoxy) is 2. The number of nitro groups is 1. The number of nitrogens with zero attached hydrogens (tertiary/aromatic N) is 4. The number of aryl methyl sites for hydroxylation is 2. The molecule has 1 heterocycles. The summed E-state index contributed by atoms with van der Waals surface area (Å²) in [6.07, 6.45) is 0. The average Bonchev–Trinajstić information content (AvgIpc) is 3.10. The van der Waals surface area contributed by atoms with Gasteiger partial charge < -0.3 is 9.47 Å². The quantitative estimate of drug-likeness (QED) is 0.172. The summed E-state index contributed by atoms with van der Waals surface area (Å²) in [5.41, 5.74) is 5.15. The van der Waals surface area contributed by atoms with Gasteiger partial charge in [-0.3, -0.25) is 19.6 Å². The van der Waals surface area contributed by atoms with E-state index in [1.54, 1.807) is 37.3 Å². The summed E-state index contributed by atoms with van der Waals surface area (Å²) in [5, 5.41) is 19.3. The standard InChI is InChI=1S/C24H25N5O6/c1-14-8-6-7-9-19(14)24(31)35-20-11-10-18(12-21(20)34-5)15(2)25-26-22(30)13-28-17(4)23(29(32)33)16(3)27-28/h6-12H,13H2,1-5H3,(H,26,30). The molecule has 0 atom stereocenters. The minimum atomic E-state index is -0.524. The number of amides is 1. The normalized spacial score (nSPS) is 11.2. The molecule has 2 aromatic carbocycles. The fourth-order valence-electron chi connectivity index (χ4n) is 3.42. The van der Waals surface area contributed by atoms with Gasteiger partial charge in [0.25, 0.3) is 5.91 Å². The van der Waals surface area contributed by atoms with Crippen molar-refractivity contribution in [1.29, 1.82) is 0 Å². The highest BCUT2D eigenvalue weighted by Gasteiger charge is 2.22. The molecule has 182 valence electrons. The molecule has 11 heteroatoms. The Morgan fingerprint density at radius 3 is 2.49 bits per heavy atom. The zero-order valence-electron chi connectivity index (χ0n) is 20.0. The van der Waals surface area contributed by atoms with E-state index in [4.69, 9.17) is 9.47 Å². The second-order valence-electron chi connectivity index (χ2n) is 7.74. The van der Waals surface area contributed by atoms with Crippen LogP contribution in [0.1, 0.15) is 39.8 Å². The number of esters is 1. The lowest BCUT2D eigenvalue weighted by Gasteiger charge is -2.12. The molecule has 11 nitrogen and oxygen atoms in total. The van der Waals surface area contributed by atoms with Crippen molar-refractivity contribution < 1.29 is 24.0 Å². The van der Waals surface area contributed by atoms with E-state index in [9.17, 15) is 19.7 Å². The van der Waals surface area contributed by atoms with E-state index in [0.717, 1.165) is 5.56 Å². The third kappa shape index (κ3) is 5.69. The fourth-order valence-corrected chi connectivity index (χ4v) is 3.42. The van der Waals surface area contributed by atoms with Gasteiger partial charge in [0.1, 0.15) is 17.9 Å². The Hall–Kier alpha value is -4.54. The number of hydrazone groups is 1. The maximum atomic E-state index is 12.5. The van der Waals surface area contributed by atoms with Crippen LogP contribution in [0.4, 0.5) is 5.69 Å². The molecule has 0 unspecified atom stereocenters. The number of carbonyl (C=O) groups excluding carboxylic acids is 2. The van der Waals surface area contributed by atoms with E-state index >= 15 is 0 Å². The molecule has 0 fully saturated rings. The van der Waals surface area contributed by atoms with Crippen LogP contribution in [0.15, 0.2) is 47.6 Å². The Bertz CT molecular complexity index is 1330. The van der Waals surface area contributed by atoms with Gasteiger partial charge in [0.05, 0.1) is 23.3 Å². The van der Waals surface area contributed by atoms with E-state index in [-0.39, 0.29) is 29.4 Å². The molecule has 35 heavy (non-hydrogen) atoms. The van der Waals surface area contributed by atoms with E-state index < -0.39 is 16.8 Å². The van der Waals surface area contributed by atoms with Crippen LogP contribution in [-0.2, 0) is 11.3 Å². The molecule has 0 spiro atoms. The maximum Gasteiger partial charge on any atom is 0.343 e. The van der Waals surface area contributed by atoms with Crippen LogP contribution in [0.5, 0.6) is 11.5 Å². The van der Waals surface area contributed by atoms with E-state index in [1.165, 1.54) is 25.6 Å². The Morgan fingerprint density at radius 2 is 1.86 bits per heavy atom. The lowest BCUT2D eigenvalue weighted by molar-refractivity contribution is -0.386. The topological polar surface area (TPSA) is 138 Å². The summed E-state index contributed by atoms with van der Waals surface area (Å²) in [6.45, 7) is 6.31. The highest BCUT2D eigenvalue weighted by atomic mass is 16.6. The predicted octanol–water partition coefficient (Wildman–Crippen LogP) is 3.48. The van der Waals surface area contributed by atoms with Crippen molar-refractivity contribution in [2.45, 2.75) is 34.2 Å². The van der Waals surface area contributed by atoms with Gasteiger partial charge in [-0.2, -0.15) is 10.2 Å². The molecule has 0 aliphatic rings. The number of hydrogen-bond acceptors (Lipinski definition) is 8. The van der Waals surface area contributed by atoms with Gasteiger partial charge in [-0.25, -0.2) is 10.2 Å². The highest BCUT2D eigenvalue weighted by Crippen LogP contribution is 2.29. The van der Waals surface area contributed by atoms with Crippen LogP contribution in [-0.4, -0.2) is 39.4 Å². The second-order valence-corrected chi connectivity index (χ2v) is 7.74. The molecule has 3 aromatic rings. The Labute approximate surface area is 201 Å². The van der Waals surface area contributed by atoms with E-state index in [2.05, 4.69) is 15.6 Å². The zero-order valence-corrected chi connectivity index (χ0v) is 20.0. The molecule has 0 bridgehead atoms. The van der Waals surface area contributed by atoms with Crippen LogP contribution in [0.25, 0.3) is 0 Å². The predicted molar refractivity (Wildman–Crippen MR) is 128 cm³/mol. The monoisotopic (exact) mass is 479 g/mol. The van der Waals surface area contributed by atoms with Gasteiger partial charge in [0.2, 0.25) is 0 Å². The Kier molecular flexibility index (Phi) is 7.59. The average molecular weight is 479 g/mol. The molecule has 3 rings (SSSR count). The highest BCUT2D eigenvalue weighted by molar-refractivity contribution is 6.00. The third-order valence-corrected chi connectivity index (χ3v) is 5.32. The van der Waals surface area contributed by atoms with Crippen LogP contribution < -0.4 is 14.9 Å². The zero-order chi connectivity index (χ0) is 25.7. The van der Waals surface area contributed by atoms with Crippen molar-refractivity contribution in [3.05, 3.63) is 80.7 Å². The number of aromatic nitrogens is 2. The van der Waals surface area contributed by atoms with Gasteiger partial charge in [0.15, 0.2) is 11.5 Å². The number of benzene rings is 2. The first-order valence-corrected chi connectivity index (χ1v) is 10.6. The largest absolute Gasteiger partial charge is 0.493 e. The summed E-state index contributed by atoms with van der Waals surface area (Å²) >= 11 is 0. The van der Waals surface area contributed by atoms with Crippen LogP contribution in [0.3, 0.4) is 0 Å². The molecule has 0 saturated carbocycles. The lowest BCUT2D eigenvalue weighted by Crippen LogP contribution is -2.25. The lowest BCUT2D eigenvalue weighted by atomic mass is 10.1. The minimum Gasteiger partial charge on any atom is -0.493 e. The molecule has 0 aliphatic heterocycles. The Balaban J connectivity index is 1.71. The summed E-state index contributed by atoms with van der Waals surface area (Å²) in [4.78, 5) is 35.5. The third-order valence-electron chi connectivity index (χ3n) is 5.32. The second kappa shape index (κ2) is 10.6. The van der Waals surface area contributed by atoms with Crippen molar-refractivity contribution in [3.8, 4) is 11.5 Å². The number of carbonyl (C=O) groups is 2. The smallest absolute Gasteiger partial charge is 0.343 e. The summed E-state index contributed by atoms with van der Waals surface area (Å²) in [6, 6.07) is 12.0. The summed E-state index contributed by atoms with van der Waals surface area (Å²) in [7, 11) is 1.45. The fraction of sp³-hybridized carbons (Fsp3) is 0.250. The van der Waals surface area contributed by atoms with E-state index in [1.807, 2.05) is 19.1 Å². The van der Waals surface area contributed by atoms with Crippen LogP contribution >= 0.6 is 0 Å². The van der Waals surface area contributed by atoms with Crippen molar-refractivity contribution in [3.63, 3.8) is 0 Å². The summed E-state index contributed by atoms with van der Waals surface area (Å²) in [5.74, 6) is -0.440. The van der Waals surface area contributed by atoms with Crippen LogP contribution in [0.2, 0.25) is 0 Å². The van der Waals surface area contributed by atoms with Crippen LogP contribution in [0, 0.1) is 30.9 Å². The van der Waals surface area contributed by atoms with Gasteiger partial charge in [-0.05, 0) is 57.5 Å². The van der Waals surface area contributed by atoms with Gasteiger partial charge in [-0.15, -0.1) is 0 Å². The van der Waals surface area contributed by atoms with Gasteiger partial charge >= 0.3 is 11.7 Å². The molecular weight excluding hydrogens is 454 g/mol. The molecule has 1 N–H and O–H groups in total. The molecular formula is C24H25N5O6. The number of rotatable bonds is 8. The van der Waals surface area contributed by atoms with Crippen molar-refractivity contribution in [2.75, 3.05) is 7.11 Å². The minimum absolute atomic E-state index is 0.118. The molecule has 0 aliphatic carbocycles. The van der Waals surface area contributed by atoms with Crippen molar-refractivity contribution in [2.24, 2.45) is 5.10 Å². The van der Waals surface area contributed by atoms with Gasteiger partial charge in [0, 0.05) is 5.56 Å². The van der Waals surface area contributed by atoms with Crippen molar-refractivity contribution in [1.82, 2.24) is 15.2 Å². The van der Waals surface area contributed by atoms with Crippen molar-refractivity contribution >= 4 is 23.3 Å². The molecule has 1 amide bonds. The maximum absolute atomic E-state index is 12.5. The summed E-state index contributed by atoms with van der Waals surface area (Å²) < 4.78 is 12.1. The first kappa shape index (κ1) is 25.1.